The maximum absolute atomic E-state index is 5.68. The predicted octanol–water partition coefficient (Wildman–Crippen LogP) is 2.90. The SMILES string of the molecule is CN=C(NCCc1nc(C)c(C)s1)NCC(c1ccco1)N1CCCC1. The van der Waals surface area contributed by atoms with Gasteiger partial charge in [-0.15, -0.1) is 11.3 Å². The molecule has 1 aliphatic heterocycles. The molecule has 2 N–H and O–H groups in total. The summed E-state index contributed by atoms with van der Waals surface area (Å²) >= 11 is 1.78. The van der Waals surface area contributed by atoms with Crippen molar-refractivity contribution in [3.8, 4) is 0 Å². The highest BCUT2D eigenvalue weighted by Crippen LogP contribution is 2.24. The van der Waals surface area contributed by atoms with E-state index < -0.39 is 0 Å². The summed E-state index contributed by atoms with van der Waals surface area (Å²) in [6.45, 7) is 8.04. The van der Waals surface area contributed by atoms with Crippen molar-refractivity contribution in [3.63, 3.8) is 0 Å². The maximum atomic E-state index is 5.68. The van der Waals surface area contributed by atoms with E-state index in [0.29, 0.717) is 0 Å². The van der Waals surface area contributed by atoms with Gasteiger partial charge in [-0.05, 0) is 51.9 Å². The molecule has 142 valence electrons. The van der Waals surface area contributed by atoms with Gasteiger partial charge in [-0.25, -0.2) is 4.98 Å². The molecule has 0 aromatic carbocycles. The van der Waals surface area contributed by atoms with Crippen LogP contribution in [0.15, 0.2) is 27.8 Å². The van der Waals surface area contributed by atoms with Crippen molar-refractivity contribution in [2.24, 2.45) is 4.99 Å². The number of guanidine groups is 1. The van der Waals surface area contributed by atoms with E-state index in [1.807, 2.05) is 13.1 Å². The van der Waals surface area contributed by atoms with Crippen LogP contribution in [-0.2, 0) is 6.42 Å². The molecule has 2 aromatic rings. The van der Waals surface area contributed by atoms with Gasteiger partial charge in [-0.1, -0.05) is 0 Å². The number of aromatic nitrogens is 1. The summed E-state index contributed by atoms with van der Waals surface area (Å²) in [5, 5.41) is 8.03. The molecule has 1 atom stereocenters. The summed E-state index contributed by atoms with van der Waals surface area (Å²) in [7, 11) is 1.81. The van der Waals surface area contributed by atoms with Crippen LogP contribution in [0.5, 0.6) is 0 Å². The van der Waals surface area contributed by atoms with E-state index in [4.69, 9.17) is 4.42 Å². The van der Waals surface area contributed by atoms with Gasteiger partial charge in [0.25, 0.3) is 0 Å². The molecule has 0 radical (unpaired) electrons. The molecule has 1 saturated heterocycles. The van der Waals surface area contributed by atoms with Crippen LogP contribution in [0.2, 0.25) is 0 Å². The molecule has 0 spiro atoms. The maximum Gasteiger partial charge on any atom is 0.191 e. The van der Waals surface area contributed by atoms with E-state index in [2.05, 4.69) is 45.4 Å². The van der Waals surface area contributed by atoms with E-state index in [0.717, 1.165) is 50.0 Å². The van der Waals surface area contributed by atoms with Crippen LogP contribution in [0.1, 0.15) is 40.2 Å². The summed E-state index contributed by atoms with van der Waals surface area (Å²) in [6.07, 6.45) is 5.19. The van der Waals surface area contributed by atoms with Gasteiger partial charge in [0.1, 0.15) is 5.76 Å². The van der Waals surface area contributed by atoms with Crippen molar-refractivity contribution in [2.45, 2.75) is 39.2 Å². The van der Waals surface area contributed by atoms with Crippen molar-refractivity contribution < 1.29 is 4.42 Å². The number of aliphatic imine (C=N–C) groups is 1. The molecule has 2 aromatic heterocycles. The molecular formula is C19H29N5OS. The first-order chi connectivity index (χ1) is 12.7. The number of hydrogen-bond acceptors (Lipinski definition) is 5. The fraction of sp³-hybridized carbons (Fsp3) is 0.579. The normalized spacial score (nSPS) is 16.8. The number of thiazole rings is 1. The topological polar surface area (TPSA) is 65.7 Å². The van der Waals surface area contributed by atoms with Crippen LogP contribution in [0.25, 0.3) is 0 Å². The zero-order valence-electron chi connectivity index (χ0n) is 15.9. The third-order valence-corrected chi connectivity index (χ3v) is 5.98. The first-order valence-corrected chi connectivity index (χ1v) is 10.1. The number of aryl methyl sites for hydroxylation is 2. The minimum atomic E-state index is 0.246. The minimum absolute atomic E-state index is 0.246. The number of hydrogen-bond donors (Lipinski definition) is 2. The molecule has 0 aliphatic carbocycles. The zero-order chi connectivity index (χ0) is 18.4. The summed E-state index contributed by atoms with van der Waals surface area (Å²) < 4.78 is 5.68. The Bertz CT molecular complexity index is 684. The van der Waals surface area contributed by atoms with Crippen LogP contribution >= 0.6 is 11.3 Å². The van der Waals surface area contributed by atoms with Gasteiger partial charge < -0.3 is 15.1 Å². The summed E-state index contributed by atoms with van der Waals surface area (Å²) in [6, 6.07) is 4.27. The first-order valence-electron chi connectivity index (χ1n) is 9.32. The molecule has 0 bridgehead atoms. The molecule has 6 nitrogen and oxygen atoms in total. The summed E-state index contributed by atoms with van der Waals surface area (Å²) in [5.74, 6) is 1.84. The monoisotopic (exact) mass is 375 g/mol. The molecule has 1 fully saturated rings. The lowest BCUT2D eigenvalue weighted by molar-refractivity contribution is 0.215. The number of rotatable bonds is 7. The number of nitrogens with zero attached hydrogens (tertiary/aromatic N) is 3. The van der Waals surface area contributed by atoms with E-state index in [-0.39, 0.29) is 6.04 Å². The van der Waals surface area contributed by atoms with Crippen molar-refractivity contribution in [1.82, 2.24) is 20.5 Å². The van der Waals surface area contributed by atoms with Crippen molar-refractivity contribution in [1.29, 1.82) is 0 Å². The minimum Gasteiger partial charge on any atom is -0.468 e. The lowest BCUT2D eigenvalue weighted by Crippen LogP contribution is -2.43. The molecule has 3 rings (SSSR count). The molecule has 3 heterocycles. The largest absolute Gasteiger partial charge is 0.468 e. The van der Waals surface area contributed by atoms with Crippen LogP contribution in [-0.4, -0.2) is 49.1 Å². The third-order valence-electron chi connectivity index (χ3n) is 4.84. The van der Waals surface area contributed by atoms with E-state index in [1.165, 1.54) is 22.7 Å². The molecule has 26 heavy (non-hydrogen) atoms. The third kappa shape index (κ3) is 4.86. The van der Waals surface area contributed by atoms with Crippen LogP contribution in [0.4, 0.5) is 0 Å². The Labute approximate surface area is 159 Å². The van der Waals surface area contributed by atoms with Crippen LogP contribution in [0, 0.1) is 13.8 Å². The molecule has 7 heteroatoms. The Morgan fingerprint density at radius 1 is 1.35 bits per heavy atom. The van der Waals surface area contributed by atoms with Crippen LogP contribution < -0.4 is 10.6 Å². The predicted molar refractivity (Wildman–Crippen MR) is 107 cm³/mol. The first kappa shape index (κ1) is 18.9. The van der Waals surface area contributed by atoms with Gasteiger partial charge in [0.15, 0.2) is 5.96 Å². The summed E-state index contributed by atoms with van der Waals surface area (Å²) in [5.41, 5.74) is 1.14. The van der Waals surface area contributed by atoms with E-state index >= 15 is 0 Å². The smallest absolute Gasteiger partial charge is 0.191 e. The zero-order valence-corrected chi connectivity index (χ0v) is 16.7. The van der Waals surface area contributed by atoms with Crippen LogP contribution in [0.3, 0.4) is 0 Å². The van der Waals surface area contributed by atoms with Crippen molar-refractivity contribution in [3.05, 3.63) is 39.7 Å². The molecule has 1 aliphatic rings. The number of furan rings is 1. The van der Waals surface area contributed by atoms with Gasteiger partial charge >= 0.3 is 0 Å². The Hall–Kier alpha value is -1.86. The highest BCUT2D eigenvalue weighted by molar-refractivity contribution is 7.11. The number of likely N-dealkylation sites (tertiary alicyclic amines) is 1. The average molecular weight is 376 g/mol. The second-order valence-electron chi connectivity index (χ2n) is 6.65. The number of nitrogens with one attached hydrogen (secondary N) is 2. The Balaban J connectivity index is 1.50. The van der Waals surface area contributed by atoms with Gasteiger partial charge in [-0.2, -0.15) is 0 Å². The highest BCUT2D eigenvalue weighted by Gasteiger charge is 2.25. The second-order valence-corrected chi connectivity index (χ2v) is 7.94. The average Bonchev–Trinajstić information content (AvgIpc) is 3.38. The Kier molecular flexibility index (Phi) is 6.68. The van der Waals surface area contributed by atoms with E-state index in [1.54, 1.807) is 17.6 Å². The lowest BCUT2D eigenvalue weighted by Gasteiger charge is -2.26. The molecule has 0 saturated carbocycles. The lowest BCUT2D eigenvalue weighted by atomic mass is 10.2. The van der Waals surface area contributed by atoms with Gasteiger partial charge in [0.05, 0.1) is 23.0 Å². The fourth-order valence-electron chi connectivity index (χ4n) is 3.29. The molecular weight excluding hydrogens is 346 g/mol. The van der Waals surface area contributed by atoms with Gasteiger partial charge in [-0.3, -0.25) is 9.89 Å². The van der Waals surface area contributed by atoms with E-state index in [9.17, 15) is 0 Å². The van der Waals surface area contributed by atoms with Crippen molar-refractivity contribution in [2.75, 3.05) is 33.2 Å². The molecule has 0 amide bonds. The van der Waals surface area contributed by atoms with Crippen molar-refractivity contribution >= 4 is 17.3 Å². The van der Waals surface area contributed by atoms with Gasteiger partial charge in [0, 0.05) is 31.4 Å². The Morgan fingerprint density at radius 3 is 2.77 bits per heavy atom. The Morgan fingerprint density at radius 2 is 2.15 bits per heavy atom. The second kappa shape index (κ2) is 9.19. The summed E-state index contributed by atoms with van der Waals surface area (Å²) in [4.78, 5) is 12.7. The fourth-order valence-corrected chi connectivity index (χ4v) is 4.23. The quantitative estimate of drug-likeness (QED) is 0.575. The molecule has 1 unspecified atom stereocenters. The standard InChI is InChI=1S/C19H29N5OS/c1-14-15(2)26-18(23-14)8-9-21-19(20-3)22-13-16(17-7-6-12-25-17)24-10-4-5-11-24/h6-7,12,16H,4-5,8-11,13H2,1-3H3,(H2,20,21,22). The highest BCUT2D eigenvalue weighted by atomic mass is 32.1. The van der Waals surface area contributed by atoms with Gasteiger partial charge in [0.2, 0.25) is 0 Å².